The Labute approximate surface area is 37.6 Å². The second kappa shape index (κ2) is 1.40. The van der Waals surface area contributed by atoms with Gasteiger partial charge in [-0.2, -0.15) is 13.2 Å². The van der Waals surface area contributed by atoms with E-state index in [-0.39, 0.29) is 0 Å². The summed E-state index contributed by atoms with van der Waals surface area (Å²) in [5, 5.41) is 4.14. The molecule has 0 aromatic carbocycles. The highest BCUT2D eigenvalue weighted by atomic mass is 19.4. The first kappa shape index (κ1) is 6.26. The highest BCUT2D eigenvalue weighted by Crippen LogP contribution is 2.10. The molecule has 0 amide bonds. The zero-order valence-electron chi connectivity index (χ0n) is 3.29. The molecule has 0 aliphatic rings. The van der Waals surface area contributed by atoms with E-state index in [4.69, 9.17) is 0 Å². The second-order valence-corrected chi connectivity index (χ2v) is 0.953. The van der Waals surface area contributed by atoms with Crippen LogP contribution in [0.1, 0.15) is 0 Å². The molecule has 0 aromatic rings. The van der Waals surface area contributed by atoms with Crippen molar-refractivity contribution in [3.05, 3.63) is 0 Å². The zero-order valence-corrected chi connectivity index (χ0v) is 3.29. The van der Waals surface area contributed by atoms with Crippen molar-refractivity contribution in [3.8, 4) is 0 Å². The third-order valence-corrected chi connectivity index (χ3v) is 0.327. The lowest BCUT2D eigenvalue weighted by Crippen LogP contribution is -2.54. The maximum atomic E-state index is 10.9. The number of nitrogens with two attached hydrogens (primary N) is 2. The van der Waals surface area contributed by atoms with Crippen LogP contribution in [-0.4, -0.2) is 12.0 Å². The molecule has 0 aliphatic carbocycles. The average Bonchev–Trinajstić information content (AvgIpc) is 1.31. The fraction of sp³-hybridized carbons (Fsp3) is 0.500. The minimum absolute atomic E-state index is 1.51. The first-order valence-corrected chi connectivity index (χ1v) is 1.39. The van der Waals surface area contributed by atoms with Crippen molar-refractivity contribution in [2.75, 3.05) is 0 Å². The van der Waals surface area contributed by atoms with E-state index in [2.05, 4.69) is 11.1 Å². The summed E-state index contributed by atoms with van der Waals surface area (Å²) < 4.78 is 32.7. The normalized spacial score (nSPS) is 11.3. The SMILES string of the molecule is NC(=[NH2+])C(F)(F)F. The first-order chi connectivity index (χ1) is 2.94. The summed E-state index contributed by atoms with van der Waals surface area (Å²) in [6.45, 7) is 0. The van der Waals surface area contributed by atoms with E-state index >= 15 is 0 Å². The molecule has 0 saturated heterocycles. The van der Waals surface area contributed by atoms with Crippen LogP contribution in [0.2, 0.25) is 0 Å². The molecular weight excluding hydrogens is 109 g/mol. The number of rotatable bonds is 0. The third kappa shape index (κ3) is 2.02. The molecule has 0 unspecified atom stereocenters. The molecular formula is C2H4F3N2+. The minimum atomic E-state index is -4.53. The Bertz CT molecular complexity index is 83.4. The number of amidine groups is 1. The smallest absolute Gasteiger partial charge is 0.283 e. The molecule has 0 radical (unpaired) electrons. The summed E-state index contributed by atoms with van der Waals surface area (Å²) in [4.78, 5) is 0. The molecule has 0 rings (SSSR count). The summed E-state index contributed by atoms with van der Waals surface area (Å²) in [6.07, 6.45) is -4.53. The van der Waals surface area contributed by atoms with Crippen molar-refractivity contribution in [2.45, 2.75) is 6.18 Å². The molecule has 0 fully saturated rings. The highest BCUT2D eigenvalue weighted by molar-refractivity contribution is 5.79. The summed E-state index contributed by atoms with van der Waals surface area (Å²) in [5.74, 6) is -1.51. The maximum Gasteiger partial charge on any atom is 0.493 e. The van der Waals surface area contributed by atoms with Gasteiger partial charge in [-0.3, -0.25) is 11.1 Å². The lowest BCUT2D eigenvalue weighted by Gasteiger charge is -1.93. The summed E-state index contributed by atoms with van der Waals surface area (Å²) >= 11 is 0. The molecule has 7 heavy (non-hydrogen) atoms. The van der Waals surface area contributed by atoms with Crippen molar-refractivity contribution in [3.63, 3.8) is 0 Å². The van der Waals surface area contributed by atoms with Crippen LogP contribution in [0, 0.1) is 0 Å². The Kier molecular flexibility index (Phi) is 1.25. The number of hydrogen-bond donors (Lipinski definition) is 2. The van der Waals surface area contributed by atoms with Crippen LogP contribution < -0.4 is 11.1 Å². The second-order valence-electron chi connectivity index (χ2n) is 0.953. The van der Waals surface area contributed by atoms with E-state index in [0.717, 1.165) is 0 Å². The number of hydrogen-bond acceptors (Lipinski definition) is 0. The van der Waals surface area contributed by atoms with Crippen LogP contribution in [0.5, 0.6) is 0 Å². The predicted molar refractivity (Wildman–Crippen MR) is 17.2 cm³/mol. The quantitative estimate of drug-likeness (QED) is 0.296. The van der Waals surface area contributed by atoms with Gasteiger partial charge in [0.2, 0.25) is 0 Å². The lowest BCUT2D eigenvalue weighted by atomic mass is 10.6. The Morgan fingerprint density at radius 2 is 1.57 bits per heavy atom. The molecule has 0 spiro atoms. The topological polar surface area (TPSA) is 51.6 Å². The van der Waals surface area contributed by atoms with Gasteiger partial charge < -0.3 is 0 Å². The van der Waals surface area contributed by atoms with Gasteiger partial charge in [-0.25, -0.2) is 0 Å². The van der Waals surface area contributed by atoms with Crippen molar-refractivity contribution in [2.24, 2.45) is 5.73 Å². The van der Waals surface area contributed by atoms with Gasteiger partial charge in [-0.05, 0) is 0 Å². The molecule has 5 heteroatoms. The fourth-order valence-electron chi connectivity index (χ4n) is 0. The third-order valence-electron chi connectivity index (χ3n) is 0.327. The number of halogens is 3. The molecule has 0 saturated carbocycles. The van der Waals surface area contributed by atoms with Crippen LogP contribution in [0.4, 0.5) is 13.2 Å². The van der Waals surface area contributed by atoms with Crippen LogP contribution in [0.15, 0.2) is 0 Å². The predicted octanol–water partition coefficient (Wildman–Crippen LogP) is -1.34. The van der Waals surface area contributed by atoms with Crippen LogP contribution in [0.25, 0.3) is 0 Å². The number of alkyl halides is 3. The van der Waals surface area contributed by atoms with Crippen molar-refractivity contribution in [1.29, 1.82) is 0 Å². The van der Waals surface area contributed by atoms with Gasteiger partial charge in [0, 0.05) is 0 Å². The van der Waals surface area contributed by atoms with Gasteiger partial charge >= 0.3 is 12.0 Å². The largest absolute Gasteiger partial charge is 0.493 e. The molecule has 0 atom stereocenters. The highest BCUT2D eigenvalue weighted by Gasteiger charge is 2.37. The van der Waals surface area contributed by atoms with Gasteiger partial charge in [0.05, 0.1) is 0 Å². The van der Waals surface area contributed by atoms with Crippen LogP contribution >= 0.6 is 0 Å². The Balaban J connectivity index is 3.79. The molecule has 4 N–H and O–H groups in total. The van der Waals surface area contributed by atoms with Crippen LogP contribution in [-0.2, 0) is 0 Å². The average molecular weight is 113 g/mol. The molecule has 0 heterocycles. The summed E-state index contributed by atoms with van der Waals surface area (Å²) in [5.41, 5.74) is 4.14. The van der Waals surface area contributed by atoms with E-state index in [1.165, 1.54) is 0 Å². The molecule has 0 bridgehead atoms. The van der Waals surface area contributed by atoms with Gasteiger partial charge in [-0.1, -0.05) is 0 Å². The van der Waals surface area contributed by atoms with Gasteiger partial charge in [0.25, 0.3) is 0 Å². The molecule has 0 aromatic heterocycles. The van der Waals surface area contributed by atoms with Gasteiger partial charge in [0.1, 0.15) is 0 Å². The lowest BCUT2D eigenvalue weighted by molar-refractivity contribution is -0.169. The van der Waals surface area contributed by atoms with Crippen molar-refractivity contribution < 1.29 is 18.6 Å². The molecule has 42 valence electrons. The maximum absolute atomic E-state index is 10.9. The first-order valence-electron chi connectivity index (χ1n) is 1.39. The van der Waals surface area contributed by atoms with Gasteiger partial charge in [-0.15, -0.1) is 0 Å². The standard InChI is InChI=1S/C2H3F3N2/c3-2(4,5)1(6)7/h(H3,6,7)/p+1. The van der Waals surface area contributed by atoms with Crippen LogP contribution in [0.3, 0.4) is 0 Å². The Morgan fingerprint density at radius 3 is 1.57 bits per heavy atom. The van der Waals surface area contributed by atoms with E-state index in [9.17, 15) is 13.2 Å². The van der Waals surface area contributed by atoms with Crippen molar-refractivity contribution >= 4 is 5.84 Å². The summed E-state index contributed by atoms with van der Waals surface area (Å²) in [6, 6.07) is 0. The van der Waals surface area contributed by atoms with Crippen molar-refractivity contribution in [1.82, 2.24) is 0 Å². The Hall–Kier alpha value is -0.740. The monoisotopic (exact) mass is 113 g/mol. The minimum Gasteiger partial charge on any atom is -0.283 e. The Morgan fingerprint density at radius 1 is 1.43 bits per heavy atom. The summed E-state index contributed by atoms with van der Waals surface area (Å²) in [7, 11) is 0. The van der Waals surface area contributed by atoms with E-state index in [0.29, 0.717) is 0 Å². The van der Waals surface area contributed by atoms with E-state index < -0.39 is 12.0 Å². The van der Waals surface area contributed by atoms with E-state index in [1.807, 2.05) is 0 Å². The molecule has 0 aliphatic heterocycles. The fourth-order valence-corrected chi connectivity index (χ4v) is 0. The molecule has 2 nitrogen and oxygen atoms in total. The van der Waals surface area contributed by atoms with E-state index in [1.54, 1.807) is 0 Å². The van der Waals surface area contributed by atoms with Gasteiger partial charge in [0.15, 0.2) is 0 Å². The zero-order chi connectivity index (χ0) is 6.08.